The number of hydrogen-bond donors (Lipinski definition) is 0. The van der Waals surface area contributed by atoms with Crippen LogP contribution in [0.25, 0.3) is 0 Å². The van der Waals surface area contributed by atoms with Crippen LogP contribution in [0.3, 0.4) is 0 Å². The monoisotopic (exact) mass is 786 g/mol. The number of esters is 2. The normalized spacial score (nSPS) is 32.1. The lowest BCUT2D eigenvalue weighted by atomic mass is 9.60. The predicted molar refractivity (Wildman–Crippen MR) is 200 cm³/mol. The predicted octanol–water partition coefficient (Wildman–Crippen LogP) is 6.19. The molecule has 4 bridgehead atoms. The first-order valence-electron chi connectivity index (χ1n) is 20.7. The average Bonchev–Trinajstić information content (AvgIpc) is 3.68. The number of hydrogen-bond acceptors (Lipinski definition) is 11. The maximum atomic E-state index is 15.3. The first-order chi connectivity index (χ1) is 27.3. The van der Waals surface area contributed by atoms with Crippen molar-refractivity contribution < 1.29 is 31.9 Å². The highest BCUT2D eigenvalue weighted by atomic mass is 19.3. The van der Waals surface area contributed by atoms with Crippen LogP contribution in [0.5, 0.6) is 0 Å². The topological polar surface area (TPSA) is 130 Å². The molecule has 300 valence electrons. The molecule has 4 aliphatic carbocycles. The number of piperidine rings is 4. The summed E-state index contributed by atoms with van der Waals surface area (Å²) in [7, 11) is 0. The van der Waals surface area contributed by atoms with E-state index >= 15 is 17.6 Å². The lowest BCUT2D eigenvalue weighted by Crippen LogP contribution is -2.57. The summed E-state index contributed by atoms with van der Waals surface area (Å²) in [4.78, 5) is 44.1. The Morgan fingerprint density at radius 2 is 1.07 bits per heavy atom. The molecule has 8 atom stereocenters. The second-order valence-corrected chi connectivity index (χ2v) is 18.2. The van der Waals surface area contributed by atoms with Crippen molar-refractivity contribution in [1.82, 2.24) is 9.97 Å². The highest BCUT2D eigenvalue weighted by Crippen LogP contribution is 2.55. The quantitative estimate of drug-likeness (QED) is 0.173. The highest BCUT2D eigenvalue weighted by molar-refractivity contribution is 5.86. The molecule has 6 aliphatic heterocycles. The van der Waals surface area contributed by atoms with E-state index in [0.29, 0.717) is 73.7 Å². The summed E-state index contributed by atoms with van der Waals surface area (Å²) in [6.45, 7) is 7.59. The summed E-state index contributed by atoms with van der Waals surface area (Å²) in [5.74, 6) is -4.92. The molecule has 0 radical (unpaired) electrons. The number of alkyl halides is 4. The molecule has 2 aromatic rings. The number of ether oxygens (including phenoxy) is 1. The molecule has 8 fully saturated rings. The van der Waals surface area contributed by atoms with Crippen LogP contribution in [0.15, 0.2) is 0 Å². The highest BCUT2D eigenvalue weighted by Gasteiger charge is 2.53. The summed E-state index contributed by atoms with van der Waals surface area (Å²) in [5.41, 5.74) is 0.561. The van der Waals surface area contributed by atoms with Crippen molar-refractivity contribution in [2.24, 2.45) is 35.5 Å². The molecule has 2 unspecified atom stereocenters. The van der Waals surface area contributed by atoms with Crippen molar-refractivity contribution in [3.8, 4) is 12.1 Å². The van der Waals surface area contributed by atoms with E-state index < -0.39 is 23.8 Å². The van der Waals surface area contributed by atoms with Gasteiger partial charge in [0.1, 0.15) is 46.5 Å². The van der Waals surface area contributed by atoms with Crippen molar-refractivity contribution in [3.63, 3.8) is 0 Å². The number of halogens is 4. The Morgan fingerprint density at radius 1 is 0.684 bits per heavy atom. The molecule has 8 heterocycles. The largest absolute Gasteiger partial charge is 0.393 e. The van der Waals surface area contributed by atoms with Gasteiger partial charge in [0.2, 0.25) is 0 Å². The Balaban J connectivity index is 0.771. The van der Waals surface area contributed by atoms with Gasteiger partial charge in [-0.05, 0) is 87.9 Å². The number of nitrogens with zero attached hydrogens (tertiary/aromatic N) is 8. The van der Waals surface area contributed by atoms with Crippen LogP contribution >= 0.6 is 0 Å². The Bertz CT molecular complexity index is 2000. The van der Waals surface area contributed by atoms with Crippen molar-refractivity contribution in [2.45, 2.75) is 102 Å². The summed E-state index contributed by atoms with van der Waals surface area (Å²) in [5, 5.41) is 20.0. The number of pyridine rings is 2. The average molecular weight is 787 g/mol. The first kappa shape index (κ1) is 36.7. The van der Waals surface area contributed by atoms with Crippen LogP contribution < -0.4 is 19.6 Å². The molecule has 0 amide bonds. The molecule has 57 heavy (non-hydrogen) atoms. The molecular formula is C42H46F4N8O3. The molecule has 2 aromatic heterocycles. The molecular weight excluding hydrogens is 741 g/mol. The van der Waals surface area contributed by atoms with Crippen molar-refractivity contribution in [2.75, 3.05) is 58.9 Å². The van der Waals surface area contributed by atoms with Gasteiger partial charge in [0.25, 0.3) is 11.8 Å². The smallest absolute Gasteiger partial charge is 0.313 e. The van der Waals surface area contributed by atoms with E-state index in [1.54, 1.807) is 0 Å². The van der Waals surface area contributed by atoms with Crippen LogP contribution in [0.4, 0.5) is 40.8 Å². The van der Waals surface area contributed by atoms with E-state index in [1.165, 1.54) is 0 Å². The molecule has 12 rings (SSSR count). The van der Waals surface area contributed by atoms with Gasteiger partial charge in [0.15, 0.2) is 0 Å². The Kier molecular flexibility index (Phi) is 8.31. The molecule has 11 nitrogen and oxygen atoms in total. The van der Waals surface area contributed by atoms with Crippen molar-refractivity contribution >= 4 is 35.2 Å². The molecule has 0 N–H and O–H groups in total. The maximum absolute atomic E-state index is 15.3. The van der Waals surface area contributed by atoms with E-state index in [-0.39, 0.29) is 108 Å². The van der Waals surface area contributed by atoms with Crippen molar-refractivity contribution in [1.29, 1.82) is 10.5 Å². The lowest BCUT2D eigenvalue weighted by Gasteiger charge is -2.54. The zero-order valence-electron chi connectivity index (χ0n) is 32.2. The summed E-state index contributed by atoms with van der Waals surface area (Å²) in [6.07, 6.45) is 3.50. The van der Waals surface area contributed by atoms with Gasteiger partial charge < -0.3 is 24.3 Å². The van der Waals surface area contributed by atoms with Crippen LogP contribution in [-0.2, 0) is 39.0 Å². The molecule has 2 saturated carbocycles. The molecule has 0 spiro atoms. The third kappa shape index (κ3) is 5.60. The second kappa shape index (κ2) is 12.9. The summed E-state index contributed by atoms with van der Waals surface area (Å²) >= 11 is 0. The number of carbonyl (C=O) groups excluding carboxylic acids is 2. The summed E-state index contributed by atoms with van der Waals surface area (Å²) in [6, 6.07) is 4.35. The van der Waals surface area contributed by atoms with Gasteiger partial charge >= 0.3 is 11.9 Å². The van der Waals surface area contributed by atoms with Gasteiger partial charge in [-0.1, -0.05) is 0 Å². The standard InChI is InChI=1S/C42H46F4N8O3/c1-21-5-9-53(21)39-31(15-47)35-27(3-7-41(35,43)44)37(49-39)51-17-23-11-24(18-51)29(23)13-33(55)57-34(56)14-30-25-12-26(30)20-52(19-25)38-28-4-8-42(45,46)36(28)32(16-48)40(50-38)54-10-6-22(54)2/h21-26,29-30H,3-14,17-20H2,1-2H3/t21-,22-,23-,24+,25-,26+,29?,30?/m0/s1. The number of anilines is 4. The third-order valence-corrected chi connectivity index (χ3v) is 15.1. The van der Waals surface area contributed by atoms with E-state index in [1.807, 2.05) is 23.6 Å². The fourth-order valence-electron chi connectivity index (χ4n) is 11.7. The van der Waals surface area contributed by atoms with Gasteiger partial charge in [0.05, 0.1) is 0 Å². The van der Waals surface area contributed by atoms with Crippen LogP contribution in [0.1, 0.15) is 98.6 Å². The molecule has 0 aromatic carbocycles. The first-order valence-corrected chi connectivity index (χ1v) is 20.7. The van der Waals surface area contributed by atoms with E-state index in [4.69, 9.17) is 14.7 Å². The molecule has 6 saturated heterocycles. The Morgan fingerprint density at radius 3 is 1.39 bits per heavy atom. The number of nitriles is 2. The zero-order valence-corrected chi connectivity index (χ0v) is 32.2. The minimum absolute atomic E-state index is 0.0113. The van der Waals surface area contributed by atoms with Gasteiger partial charge in [0, 0.05) is 99.3 Å². The van der Waals surface area contributed by atoms with Crippen LogP contribution in [0, 0.1) is 58.2 Å². The number of fused-ring (bicyclic) bond motifs is 6. The van der Waals surface area contributed by atoms with Crippen molar-refractivity contribution in [3.05, 3.63) is 33.4 Å². The van der Waals surface area contributed by atoms with Crippen LogP contribution in [0.2, 0.25) is 0 Å². The number of rotatable bonds is 8. The minimum Gasteiger partial charge on any atom is -0.393 e. The Labute approximate surface area is 328 Å². The summed E-state index contributed by atoms with van der Waals surface area (Å²) < 4.78 is 66.5. The second-order valence-electron chi connectivity index (χ2n) is 18.2. The Hall–Kier alpha value is -4.66. The minimum atomic E-state index is -3.09. The molecule has 15 heteroatoms. The van der Waals surface area contributed by atoms with Gasteiger partial charge in [-0.25, -0.2) is 27.5 Å². The fourth-order valence-corrected chi connectivity index (χ4v) is 11.7. The SMILES string of the molecule is C[C@H]1CCN1c1nc(N2C[C@H]3C[C@@H](C2)C3CC(=O)OC(=O)CC2[C@@H]3C[C@H]2CN(c2nc(N4CC[C@@H]4C)c(C#N)c4c2CCC4(F)F)C3)c2c(c1C#N)C(F)(F)CC2. The fraction of sp³-hybridized carbons (Fsp3) is 0.667. The van der Waals surface area contributed by atoms with Crippen LogP contribution in [-0.4, -0.2) is 73.3 Å². The number of aromatic nitrogens is 2. The van der Waals surface area contributed by atoms with Gasteiger partial charge in [-0.2, -0.15) is 10.5 Å². The number of carbonyl (C=O) groups is 2. The third-order valence-electron chi connectivity index (χ3n) is 15.1. The van der Waals surface area contributed by atoms with E-state index in [2.05, 4.69) is 21.9 Å². The van der Waals surface area contributed by atoms with E-state index in [9.17, 15) is 20.1 Å². The van der Waals surface area contributed by atoms with E-state index in [0.717, 1.165) is 25.7 Å². The molecule has 10 aliphatic rings. The lowest BCUT2D eigenvalue weighted by molar-refractivity contribution is -0.164. The maximum Gasteiger partial charge on any atom is 0.313 e. The van der Waals surface area contributed by atoms with Gasteiger partial charge in [-0.15, -0.1) is 0 Å². The zero-order chi connectivity index (χ0) is 39.7. The van der Waals surface area contributed by atoms with Gasteiger partial charge in [-0.3, -0.25) is 9.59 Å².